The van der Waals surface area contributed by atoms with Crippen LogP contribution in [0.25, 0.3) is 5.52 Å². The Bertz CT molecular complexity index is 488. The topological polar surface area (TPSA) is 17.3 Å². The third kappa shape index (κ3) is 1.62. The molecule has 0 N–H and O–H groups in total. The summed E-state index contributed by atoms with van der Waals surface area (Å²) in [6.07, 6.45) is 2.89. The van der Waals surface area contributed by atoms with E-state index < -0.39 is 0 Å². The maximum Gasteiger partial charge on any atom is 0.171 e. The van der Waals surface area contributed by atoms with Crippen LogP contribution in [0.3, 0.4) is 0 Å². The molecule has 15 heavy (non-hydrogen) atoms. The van der Waals surface area contributed by atoms with Gasteiger partial charge in [0.15, 0.2) is 5.82 Å². The molecule has 0 radical (unpaired) electrons. The molecular formula is C12H15FN2. The van der Waals surface area contributed by atoms with Gasteiger partial charge < -0.3 is 0 Å². The van der Waals surface area contributed by atoms with E-state index in [0.717, 1.165) is 6.42 Å². The van der Waals surface area contributed by atoms with Crippen LogP contribution in [0.5, 0.6) is 0 Å². The smallest absolute Gasteiger partial charge is 0.171 e. The highest BCUT2D eigenvalue weighted by Gasteiger charge is 2.10. The normalized spacial score (nSPS) is 13.3. The molecule has 1 unspecified atom stereocenters. The van der Waals surface area contributed by atoms with Crippen molar-refractivity contribution in [2.24, 2.45) is 0 Å². The first-order valence-corrected chi connectivity index (χ1v) is 5.28. The third-order valence-electron chi connectivity index (χ3n) is 2.94. The first-order valence-electron chi connectivity index (χ1n) is 5.28. The molecule has 2 rings (SSSR count). The Balaban J connectivity index is 2.59. The molecular weight excluding hydrogens is 191 g/mol. The molecule has 0 aromatic carbocycles. The molecule has 0 saturated heterocycles. The zero-order chi connectivity index (χ0) is 11.0. The summed E-state index contributed by atoms with van der Waals surface area (Å²) in [6.45, 7) is 5.96. The molecule has 0 saturated carbocycles. The predicted octanol–water partition coefficient (Wildman–Crippen LogP) is 3.30. The average molecular weight is 206 g/mol. The van der Waals surface area contributed by atoms with Crippen LogP contribution in [0.15, 0.2) is 18.3 Å². The predicted molar refractivity (Wildman–Crippen MR) is 58.6 cm³/mol. The van der Waals surface area contributed by atoms with Gasteiger partial charge in [-0.05, 0) is 37.0 Å². The van der Waals surface area contributed by atoms with E-state index in [4.69, 9.17) is 0 Å². The zero-order valence-corrected chi connectivity index (χ0v) is 9.29. The summed E-state index contributed by atoms with van der Waals surface area (Å²) in [6, 6.07) is 3.90. The quantitative estimate of drug-likeness (QED) is 0.737. The van der Waals surface area contributed by atoms with Gasteiger partial charge in [-0.2, -0.15) is 5.10 Å². The van der Waals surface area contributed by atoms with Crippen molar-refractivity contribution in [1.82, 2.24) is 9.61 Å². The van der Waals surface area contributed by atoms with Crippen LogP contribution in [0.4, 0.5) is 4.39 Å². The standard InChI is InChI=1S/C12H15FN2/c1-4-8(2)10-5-6-15-11(7-10)12(13)9(3)14-15/h5-8H,4H2,1-3H3. The number of fused-ring (bicyclic) bond motifs is 1. The van der Waals surface area contributed by atoms with E-state index in [-0.39, 0.29) is 5.82 Å². The molecule has 2 heterocycles. The number of halogens is 1. The lowest BCUT2D eigenvalue weighted by molar-refractivity contribution is 0.628. The van der Waals surface area contributed by atoms with Crippen molar-refractivity contribution in [3.8, 4) is 0 Å². The Morgan fingerprint density at radius 3 is 2.93 bits per heavy atom. The highest BCUT2D eigenvalue weighted by Crippen LogP contribution is 2.22. The van der Waals surface area contributed by atoms with Crippen molar-refractivity contribution < 1.29 is 4.39 Å². The van der Waals surface area contributed by atoms with Gasteiger partial charge in [0.05, 0.1) is 5.69 Å². The van der Waals surface area contributed by atoms with Gasteiger partial charge in [-0.1, -0.05) is 13.8 Å². The maximum absolute atomic E-state index is 13.6. The molecule has 2 aromatic heterocycles. The highest BCUT2D eigenvalue weighted by atomic mass is 19.1. The molecule has 2 nitrogen and oxygen atoms in total. The summed E-state index contributed by atoms with van der Waals surface area (Å²) in [5, 5.41) is 4.08. The number of hydrogen-bond acceptors (Lipinski definition) is 1. The van der Waals surface area contributed by atoms with Crippen LogP contribution in [0.2, 0.25) is 0 Å². The third-order valence-corrected chi connectivity index (χ3v) is 2.94. The van der Waals surface area contributed by atoms with E-state index >= 15 is 0 Å². The minimum Gasteiger partial charge on any atom is -0.238 e. The number of rotatable bonds is 2. The Labute approximate surface area is 88.7 Å². The van der Waals surface area contributed by atoms with Gasteiger partial charge in [0.1, 0.15) is 5.52 Å². The molecule has 0 spiro atoms. The van der Waals surface area contributed by atoms with E-state index in [2.05, 4.69) is 18.9 Å². The number of pyridine rings is 1. The van der Waals surface area contributed by atoms with Crippen LogP contribution >= 0.6 is 0 Å². The minimum atomic E-state index is -0.208. The van der Waals surface area contributed by atoms with Crippen molar-refractivity contribution in [3.63, 3.8) is 0 Å². The Kier molecular flexibility index (Phi) is 2.47. The van der Waals surface area contributed by atoms with E-state index in [0.29, 0.717) is 17.1 Å². The van der Waals surface area contributed by atoms with E-state index in [1.165, 1.54) is 5.56 Å². The second kappa shape index (κ2) is 3.65. The lowest BCUT2D eigenvalue weighted by atomic mass is 9.99. The summed E-state index contributed by atoms with van der Waals surface area (Å²) < 4.78 is 15.2. The van der Waals surface area contributed by atoms with Gasteiger partial charge >= 0.3 is 0 Å². The fourth-order valence-corrected chi connectivity index (χ4v) is 1.69. The van der Waals surface area contributed by atoms with Crippen molar-refractivity contribution in [2.75, 3.05) is 0 Å². The van der Waals surface area contributed by atoms with E-state index in [9.17, 15) is 4.39 Å². The first kappa shape index (κ1) is 10.1. The molecule has 3 heteroatoms. The number of hydrogen-bond donors (Lipinski definition) is 0. The Morgan fingerprint density at radius 2 is 2.27 bits per heavy atom. The van der Waals surface area contributed by atoms with Gasteiger partial charge in [-0.25, -0.2) is 8.91 Å². The average Bonchev–Trinajstić information content (AvgIpc) is 2.54. The van der Waals surface area contributed by atoms with E-state index in [1.54, 1.807) is 11.4 Å². The second-order valence-corrected chi connectivity index (χ2v) is 4.00. The van der Waals surface area contributed by atoms with Gasteiger partial charge in [0.25, 0.3) is 0 Å². The second-order valence-electron chi connectivity index (χ2n) is 4.00. The van der Waals surface area contributed by atoms with Crippen LogP contribution in [0.1, 0.15) is 37.4 Å². The molecule has 0 bridgehead atoms. The molecule has 0 amide bonds. The summed E-state index contributed by atoms with van der Waals surface area (Å²) >= 11 is 0. The molecule has 2 aromatic rings. The number of aryl methyl sites for hydroxylation is 1. The summed E-state index contributed by atoms with van der Waals surface area (Å²) in [4.78, 5) is 0. The monoisotopic (exact) mass is 206 g/mol. The lowest BCUT2D eigenvalue weighted by Crippen LogP contribution is -1.94. The van der Waals surface area contributed by atoms with Crippen molar-refractivity contribution in [2.45, 2.75) is 33.1 Å². The van der Waals surface area contributed by atoms with Crippen molar-refractivity contribution in [1.29, 1.82) is 0 Å². The highest BCUT2D eigenvalue weighted by molar-refractivity contribution is 5.51. The van der Waals surface area contributed by atoms with Gasteiger partial charge in [0.2, 0.25) is 0 Å². The molecule has 80 valence electrons. The number of nitrogens with zero attached hydrogens (tertiary/aromatic N) is 2. The fraction of sp³-hybridized carbons (Fsp3) is 0.417. The van der Waals surface area contributed by atoms with Crippen LogP contribution < -0.4 is 0 Å². The largest absolute Gasteiger partial charge is 0.238 e. The maximum atomic E-state index is 13.6. The molecule has 0 aliphatic heterocycles. The summed E-state index contributed by atoms with van der Waals surface area (Å²) in [7, 11) is 0. The van der Waals surface area contributed by atoms with Crippen molar-refractivity contribution >= 4 is 5.52 Å². The molecule has 0 fully saturated rings. The molecule has 0 aliphatic carbocycles. The van der Waals surface area contributed by atoms with Crippen LogP contribution in [0, 0.1) is 12.7 Å². The SMILES string of the molecule is CCC(C)c1ccn2nc(C)c(F)c2c1. The van der Waals surface area contributed by atoms with Gasteiger partial charge in [-0.15, -0.1) is 0 Å². The lowest BCUT2D eigenvalue weighted by Gasteiger charge is -2.08. The summed E-state index contributed by atoms with van der Waals surface area (Å²) in [5.41, 5.74) is 2.20. The fourth-order valence-electron chi connectivity index (χ4n) is 1.69. The molecule has 0 aliphatic rings. The van der Waals surface area contributed by atoms with Gasteiger partial charge in [0, 0.05) is 6.20 Å². The van der Waals surface area contributed by atoms with E-state index in [1.807, 2.05) is 18.3 Å². The minimum absolute atomic E-state index is 0.208. The Morgan fingerprint density at radius 1 is 1.53 bits per heavy atom. The van der Waals surface area contributed by atoms with Crippen LogP contribution in [-0.2, 0) is 0 Å². The van der Waals surface area contributed by atoms with Crippen molar-refractivity contribution in [3.05, 3.63) is 35.4 Å². The van der Waals surface area contributed by atoms with Gasteiger partial charge in [-0.3, -0.25) is 0 Å². The molecule has 1 atom stereocenters. The number of aromatic nitrogens is 2. The zero-order valence-electron chi connectivity index (χ0n) is 9.29. The summed E-state index contributed by atoms with van der Waals surface area (Å²) in [5.74, 6) is 0.254. The van der Waals surface area contributed by atoms with Crippen LogP contribution in [-0.4, -0.2) is 9.61 Å². The Hall–Kier alpha value is -1.38. The first-order chi connectivity index (χ1) is 7.13.